The smallest absolute Gasteiger partial charge is 0.229 e. The lowest BCUT2D eigenvalue weighted by Gasteiger charge is -2.26. The summed E-state index contributed by atoms with van der Waals surface area (Å²) in [6.45, 7) is 2.02. The molecule has 16 heavy (non-hydrogen) atoms. The van der Waals surface area contributed by atoms with E-state index in [-0.39, 0.29) is 0 Å². The van der Waals surface area contributed by atoms with E-state index in [0.717, 1.165) is 23.9 Å². The molecule has 0 unspecified atom stereocenters. The third-order valence-electron chi connectivity index (χ3n) is 2.53. The lowest BCUT2D eigenvalue weighted by atomic mass is 9.99. The van der Waals surface area contributed by atoms with Crippen LogP contribution in [0.2, 0.25) is 0 Å². The molecule has 0 aromatic carbocycles. The van der Waals surface area contributed by atoms with E-state index in [2.05, 4.69) is 25.6 Å². The van der Waals surface area contributed by atoms with Crippen LogP contribution >= 0.6 is 11.3 Å². The van der Waals surface area contributed by atoms with Gasteiger partial charge in [0.15, 0.2) is 5.13 Å². The topological polar surface area (TPSA) is 62.7 Å². The molecule has 2 aromatic heterocycles. The Labute approximate surface area is 97.0 Å². The quantitative estimate of drug-likeness (QED) is 0.838. The summed E-state index contributed by atoms with van der Waals surface area (Å²) in [4.78, 5) is 12.8. The molecule has 5 nitrogen and oxygen atoms in total. The normalized spacial score (nSPS) is 15.8. The molecule has 0 bridgehead atoms. The van der Waals surface area contributed by atoms with Gasteiger partial charge in [-0.15, -0.1) is 11.3 Å². The average molecular weight is 233 g/mol. The molecule has 6 heteroatoms. The first kappa shape index (κ1) is 9.68. The minimum Gasteiger partial charge on any atom is -0.315 e. The van der Waals surface area contributed by atoms with E-state index in [1.54, 1.807) is 12.4 Å². The molecule has 1 fully saturated rings. The number of aromatic nitrogens is 3. The van der Waals surface area contributed by atoms with Crippen LogP contribution in [-0.2, 0) is 0 Å². The molecule has 3 rings (SSSR count). The highest BCUT2D eigenvalue weighted by molar-refractivity contribution is 7.13. The molecule has 1 aliphatic heterocycles. The van der Waals surface area contributed by atoms with E-state index in [1.165, 1.54) is 11.3 Å². The first-order valence-electron chi connectivity index (χ1n) is 5.12. The van der Waals surface area contributed by atoms with E-state index in [9.17, 15) is 0 Å². The van der Waals surface area contributed by atoms with Crippen molar-refractivity contribution < 1.29 is 0 Å². The first-order valence-corrected chi connectivity index (χ1v) is 6.00. The third kappa shape index (κ3) is 1.89. The Balaban J connectivity index is 1.79. The molecule has 0 aliphatic carbocycles. The van der Waals surface area contributed by atoms with Gasteiger partial charge in [0.2, 0.25) is 5.95 Å². The van der Waals surface area contributed by atoms with Crippen molar-refractivity contribution in [2.24, 2.45) is 0 Å². The number of nitrogens with one attached hydrogen (secondary N) is 2. The fourth-order valence-electron chi connectivity index (χ4n) is 1.54. The Morgan fingerprint density at radius 1 is 1.31 bits per heavy atom. The van der Waals surface area contributed by atoms with Gasteiger partial charge < -0.3 is 10.6 Å². The van der Waals surface area contributed by atoms with Gasteiger partial charge in [-0.1, -0.05) is 0 Å². The van der Waals surface area contributed by atoms with Gasteiger partial charge in [0.1, 0.15) is 0 Å². The Hall–Kier alpha value is -1.53. The number of hydrogen-bond donors (Lipinski definition) is 2. The second kappa shape index (κ2) is 4.15. The summed E-state index contributed by atoms with van der Waals surface area (Å²) in [7, 11) is 0. The summed E-state index contributed by atoms with van der Waals surface area (Å²) in [5.41, 5.74) is 1.09. The fourth-order valence-corrected chi connectivity index (χ4v) is 2.06. The van der Waals surface area contributed by atoms with Gasteiger partial charge in [0.05, 0.1) is 5.69 Å². The second-order valence-electron chi connectivity index (χ2n) is 3.62. The number of rotatable bonds is 3. The summed E-state index contributed by atoms with van der Waals surface area (Å²) in [6, 6.07) is 1.97. The van der Waals surface area contributed by atoms with Crippen LogP contribution in [0, 0.1) is 0 Å². The lowest BCUT2D eigenvalue weighted by molar-refractivity contribution is 0.439. The lowest BCUT2D eigenvalue weighted by Crippen LogP contribution is -2.40. The molecular formula is C10H11N5S. The van der Waals surface area contributed by atoms with Crippen LogP contribution in [0.25, 0.3) is 0 Å². The maximum Gasteiger partial charge on any atom is 0.229 e. The Morgan fingerprint density at radius 2 is 2.25 bits per heavy atom. The van der Waals surface area contributed by atoms with Crippen LogP contribution in [0.5, 0.6) is 0 Å². The van der Waals surface area contributed by atoms with Crippen molar-refractivity contribution in [2.45, 2.75) is 5.92 Å². The van der Waals surface area contributed by atoms with E-state index < -0.39 is 0 Å². The summed E-state index contributed by atoms with van der Waals surface area (Å²) in [6.07, 6.45) is 3.54. The van der Waals surface area contributed by atoms with Crippen LogP contribution in [0.1, 0.15) is 11.6 Å². The number of anilines is 2. The summed E-state index contributed by atoms with van der Waals surface area (Å²) in [5, 5.41) is 9.07. The monoisotopic (exact) mass is 233 g/mol. The minimum atomic E-state index is 0.528. The highest BCUT2D eigenvalue weighted by Crippen LogP contribution is 2.20. The van der Waals surface area contributed by atoms with Crippen molar-refractivity contribution in [1.82, 2.24) is 20.3 Å². The number of hydrogen-bond acceptors (Lipinski definition) is 6. The predicted octanol–water partition coefficient (Wildman–Crippen LogP) is 1.36. The van der Waals surface area contributed by atoms with Crippen molar-refractivity contribution >= 4 is 22.4 Å². The van der Waals surface area contributed by atoms with Gasteiger partial charge >= 0.3 is 0 Å². The van der Waals surface area contributed by atoms with Gasteiger partial charge in [0, 0.05) is 36.8 Å². The molecule has 0 amide bonds. The summed E-state index contributed by atoms with van der Waals surface area (Å²) >= 11 is 1.54. The second-order valence-corrected chi connectivity index (χ2v) is 4.52. The zero-order chi connectivity index (χ0) is 10.8. The zero-order valence-electron chi connectivity index (χ0n) is 8.55. The van der Waals surface area contributed by atoms with E-state index in [0.29, 0.717) is 11.9 Å². The van der Waals surface area contributed by atoms with Crippen LogP contribution in [-0.4, -0.2) is 28.0 Å². The molecule has 1 aliphatic rings. The van der Waals surface area contributed by atoms with Crippen molar-refractivity contribution in [1.29, 1.82) is 0 Å². The van der Waals surface area contributed by atoms with E-state index in [4.69, 9.17) is 0 Å². The molecule has 0 atom stereocenters. The molecule has 2 N–H and O–H groups in total. The van der Waals surface area contributed by atoms with Crippen LogP contribution in [0.3, 0.4) is 0 Å². The summed E-state index contributed by atoms with van der Waals surface area (Å²) in [5.74, 6) is 1.15. The Bertz CT molecular complexity index is 466. The predicted molar refractivity (Wildman–Crippen MR) is 63.0 cm³/mol. The Morgan fingerprint density at radius 3 is 2.94 bits per heavy atom. The highest BCUT2D eigenvalue weighted by Gasteiger charge is 2.20. The molecule has 1 saturated heterocycles. The standard InChI is InChI=1S/C10H11N5S/c1-2-12-9(15-10-13-3-4-16-10)14-8(1)7-5-11-6-7/h1-4,7,11H,5-6H2,(H,12,13,14,15). The van der Waals surface area contributed by atoms with Crippen molar-refractivity contribution in [3.63, 3.8) is 0 Å². The number of nitrogens with zero attached hydrogens (tertiary/aromatic N) is 3. The third-order valence-corrected chi connectivity index (χ3v) is 3.22. The van der Waals surface area contributed by atoms with Gasteiger partial charge in [-0.05, 0) is 6.07 Å². The first-order chi connectivity index (χ1) is 7.92. The van der Waals surface area contributed by atoms with Crippen molar-refractivity contribution in [2.75, 3.05) is 18.4 Å². The highest BCUT2D eigenvalue weighted by atomic mass is 32.1. The molecule has 0 spiro atoms. The SMILES string of the molecule is c1cc(C2CNC2)nc(Nc2nccs2)n1. The maximum absolute atomic E-state index is 4.47. The Kier molecular flexibility index (Phi) is 2.51. The zero-order valence-corrected chi connectivity index (χ0v) is 9.37. The largest absolute Gasteiger partial charge is 0.315 e. The summed E-state index contributed by atoms with van der Waals surface area (Å²) < 4.78 is 0. The van der Waals surface area contributed by atoms with Gasteiger partial charge in [-0.3, -0.25) is 0 Å². The van der Waals surface area contributed by atoms with E-state index in [1.807, 2.05) is 11.4 Å². The van der Waals surface area contributed by atoms with Gasteiger partial charge in [-0.2, -0.15) is 0 Å². The van der Waals surface area contributed by atoms with Crippen molar-refractivity contribution in [3.8, 4) is 0 Å². The fraction of sp³-hybridized carbons (Fsp3) is 0.300. The molecule has 2 aromatic rings. The van der Waals surface area contributed by atoms with Gasteiger partial charge in [0.25, 0.3) is 0 Å². The molecule has 3 heterocycles. The van der Waals surface area contributed by atoms with E-state index >= 15 is 0 Å². The molecule has 0 radical (unpaired) electrons. The van der Waals surface area contributed by atoms with Crippen LogP contribution in [0.4, 0.5) is 11.1 Å². The minimum absolute atomic E-state index is 0.528. The molecule has 82 valence electrons. The maximum atomic E-state index is 4.47. The van der Waals surface area contributed by atoms with Gasteiger partial charge in [-0.25, -0.2) is 15.0 Å². The van der Waals surface area contributed by atoms with Crippen molar-refractivity contribution in [3.05, 3.63) is 29.5 Å². The number of thiazole rings is 1. The molecular weight excluding hydrogens is 222 g/mol. The van der Waals surface area contributed by atoms with Crippen LogP contribution in [0.15, 0.2) is 23.8 Å². The molecule has 0 saturated carbocycles. The average Bonchev–Trinajstić information content (AvgIpc) is 2.68. The van der Waals surface area contributed by atoms with Crippen LogP contribution < -0.4 is 10.6 Å².